The van der Waals surface area contributed by atoms with Crippen LogP contribution in [0.4, 0.5) is 0 Å². The van der Waals surface area contributed by atoms with Crippen LogP contribution in [0.2, 0.25) is 0 Å². The summed E-state index contributed by atoms with van der Waals surface area (Å²) in [5.74, 6) is 5.05. The predicted octanol–water partition coefficient (Wildman–Crippen LogP) is 10.1. The van der Waals surface area contributed by atoms with Crippen molar-refractivity contribution in [3.05, 3.63) is 106 Å². The van der Waals surface area contributed by atoms with Crippen LogP contribution in [0, 0.1) is 25.7 Å². The fourth-order valence-electron chi connectivity index (χ4n) is 7.34. The number of rotatable bonds is 15. The SMILES string of the molecule is COc1ccc([C@@H](C)[C@@H](C)Oc2ccc([C@H]3OC(c4ccc(O[C@H](C)[C@H](OC)c5ccc(OC)c(C)c5)c(OC)c4)[C@H](C)[C@H]3C)cc2OC)cc1C. The van der Waals surface area contributed by atoms with Crippen molar-refractivity contribution < 1.29 is 37.9 Å². The van der Waals surface area contributed by atoms with Crippen molar-refractivity contribution in [1.29, 1.82) is 0 Å². The standard InChI is InChI=1S/C44H56O8/c1-25-21-32(13-17-36(25)45-8)29(5)30(6)50-38-19-15-34(23-40(38)47-10)42-27(3)28(4)43(52-42)35-16-20-39(41(24-35)48-11)51-31(7)44(49-12)33-14-18-37(46-9)26(2)22-33/h13-24,27-31,42-44H,1-12H3/t27-,28-,29+,30-,31-,42+,43?,44+/m1/s1. The molecule has 0 aliphatic carbocycles. The van der Waals surface area contributed by atoms with Gasteiger partial charge in [-0.05, 0) is 115 Å². The monoisotopic (exact) mass is 712 g/mol. The van der Waals surface area contributed by atoms with Crippen molar-refractivity contribution in [2.24, 2.45) is 11.8 Å². The van der Waals surface area contributed by atoms with Gasteiger partial charge in [0.2, 0.25) is 0 Å². The third-order valence-electron chi connectivity index (χ3n) is 10.8. The first-order chi connectivity index (χ1) is 24.9. The fourth-order valence-corrected chi connectivity index (χ4v) is 7.34. The Hall–Kier alpha value is -4.40. The maximum absolute atomic E-state index is 6.84. The van der Waals surface area contributed by atoms with Gasteiger partial charge in [0.25, 0.3) is 0 Å². The molecule has 0 bridgehead atoms. The highest BCUT2D eigenvalue weighted by Gasteiger charge is 2.41. The molecule has 0 amide bonds. The Kier molecular flexibility index (Phi) is 12.7. The smallest absolute Gasteiger partial charge is 0.161 e. The van der Waals surface area contributed by atoms with Crippen LogP contribution < -0.4 is 28.4 Å². The van der Waals surface area contributed by atoms with Gasteiger partial charge in [0.05, 0.1) is 40.6 Å². The van der Waals surface area contributed by atoms with Gasteiger partial charge in [-0.1, -0.05) is 51.1 Å². The van der Waals surface area contributed by atoms with Crippen LogP contribution in [0.3, 0.4) is 0 Å². The zero-order valence-electron chi connectivity index (χ0n) is 32.8. The molecule has 1 aliphatic heterocycles. The van der Waals surface area contributed by atoms with E-state index in [1.807, 2.05) is 50.2 Å². The molecular weight excluding hydrogens is 656 g/mol. The lowest BCUT2D eigenvalue weighted by Crippen LogP contribution is -2.24. The Balaban J connectivity index is 1.29. The molecule has 52 heavy (non-hydrogen) atoms. The van der Waals surface area contributed by atoms with Crippen molar-refractivity contribution in [1.82, 2.24) is 0 Å². The van der Waals surface area contributed by atoms with E-state index in [0.29, 0.717) is 23.0 Å². The molecule has 280 valence electrons. The highest BCUT2D eigenvalue weighted by Crippen LogP contribution is 2.51. The zero-order chi connectivity index (χ0) is 37.7. The molecule has 1 saturated heterocycles. The van der Waals surface area contributed by atoms with Gasteiger partial charge >= 0.3 is 0 Å². The van der Waals surface area contributed by atoms with Crippen molar-refractivity contribution in [2.45, 2.75) is 84.9 Å². The summed E-state index contributed by atoms with van der Waals surface area (Å²) in [5, 5.41) is 0. The molecule has 4 aromatic rings. The van der Waals surface area contributed by atoms with E-state index < -0.39 is 0 Å². The van der Waals surface area contributed by atoms with Gasteiger partial charge in [0.1, 0.15) is 29.8 Å². The van der Waals surface area contributed by atoms with Gasteiger partial charge in [-0.25, -0.2) is 0 Å². The highest BCUT2D eigenvalue weighted by atomic mass is 16.6. The molecule has 0 aromatic heterocycles. The number of hydrogen-bond donors (Lipinski definition) is 0. The maximum atomic E-state index is 6.84. The van der Waals surface area contributed by atoms with Crippen LogP contribution in [-0.2, 0) is 9.47 Å². The van der Waals surface area contributed by atoms with Crippen LogP contribution >= 0.6 is 0 Å². The number of methoxy groups -OCH3 is 5. The Morgan fingerprint density at radius 3 is 1.37 bits per heavy atom. The first-order valence-corrected chi connectivity index (χ1v) is 18.1. The molecule has 1 unspecified atom stereocenters. The van der Waals surface area contributed by atoms with Gasteiger partial charge < -0.3 is 37.9 Å². The number of benzene rings is 4. The molecule has 1 aliphatic rings. The summed E-state index contributed by atoms with van der Waals surface area (Å²) in [6.07, 6.45) is -0.921. The molecular formula is C44H56O8. The number of hydrogen-bond acceptors (Lipinski definition) is 8. The molecule has 0 saturated carbocycles. The summed E-state index contributed by atoms with van der Waals surface area (Å²) in [6, 6.07) is 24.5. The fraction of sp³-hybridized carbons (Fsp3) is 0.455. The predicted molar refractivity (Wildman–Crippen MR) is 205 cm³/mol. The lowest BCUT2D eigenvalue weighted by Gasteiger charge is -2.26. The van der Waals surface area contributed by atoms with E-state index in [0.717, 1.165) is 39.3 Å². The van der Waals surface area contributed by atoms with Gasteiger partial charge in [-0.15, -0.1) is 0 Å². The maximum Gasteiger partial charge on any atom is 0.161 e. The van der Waals surface area contributed by atoms with E-state index in [1.54, 1.807) is 35.5 Å². The third kappa shape index (κ3) is 8.13. The summed E-state index contributed by atoms with van der Waals surface area (Å²) >= 11 is 0. The van der Waals surface area contributed by atoms with Crippen LogP contribution in [0.1, 0.15) is 92.2 Å². The molecule has 0 radical (unpaired) electrons. The van der Waals surface area contributed by atoms with Crippen LogP contribution in [-0.4, -0.2) is 47.8 Å². The number of ether oxygens (including phenoxy) is 8. The van der Waals surface area contributed by atoms with Crippen molar-refractivity contribution in [3.63, 3.8) is 0 Å². The Bertz CT molecular complexity index is 1800. The Morgan fingerprint density at radius 2 is 0.923 bits per heavy atom. The van der Waals surface area contributed by atoms with E-state index in [-0.39, 0.29) is 48.3 Å². The van der Waals surface area contributed by atoms with Crippen molar-refractivity contribution >= 4 is 0 Å². The van der Waals surface area contributed by atoms with Crippen LogP contribution in [0.5, 0.6) is 34.5 Å². The van der Waals surface area contributed by atoms with Gasteiger partial charge in [0.15, 0.2) is 23.0 Å². The summed E-state index contributed by atoms with van der Waals surface area (Å²) in [5.41, 5.74) is 6.45. The summed E-state index contributed by atoms with van der Waals surface area (Å²) < 4.78 is 48.3. The topological polar surface area (TPSA) is 73.8 Å². The van der Waals surface area contributed by atoms with Crippen LogP contribution in [0.25, 0.3) is 0 Å². The molecule has 1 heterocycles. The summed E-state index contributed by atoms with van der Waals surface area (Å²) in [7, 11) is 8.41. The van der Waals surface area contributed by atoms with Gasteiger partial charge in [0, 0.05) is 13.0 Å². The molecule has 8 heteroatoms. The minimum Gasteiger partial charge on any atom is -0.496 e. The van der Waals surface area contributed by atoms with Crippen molar-refractivity contribution in [2.75, 3.05) is 35.5 Å². The molecule has 8 nitrogen and oxygen atoms in total. The average molecular weight is 713 g/mol. The zero-order valence-corrected chi connectivity index (χ0v) is 32.8. The quantitative estimate of drug-likeness (QED) is 0.121. The van der Waals surface area contributed by atoms with E-state index in [2.05, 4.69) is 71.0 Å². The minimum absolute atomic E-state index is 0.0875. The van der Waals surface area contributed by atoms with E-state index in [4.69, 9.17) is 37.9 Å². The molecule has 0 N–H and O–H groups in total. The first kappa shape index (κ1) is 38.8. The third-order valence-corrected chi connectivity index (χ3v) is 10.8. The Morgan fingerprint density at radius 1 is 0.500 bits per heavy atom. The largest absolute Gasteiger partial charge is 0.496 e. The number of aryl methyl sites for hydroxylation is 2. The lowest BCUT2D eigenvalue weighted by atomic mass is 9.85. The van der Waals surface area contributed by atoms with Crippen LogP contribution in [0.15, 0.2) is 72.8 Å². The molecule has 4 aromatic carbocycles. The van der Waals surface area contributed by atoms with E-state index in [1.165, 1.54) is 5.56 Å². The first-order valence-electron chi connectivity index (χ1n) is 18.1. The minimum atomic E-state index is -0.289. The Labute approximate surface area is 310 Å². The second-order valence-electron chi connectivity index (χ2n) is 14.1. The summed E-state index contributed by atoms with van der Waals surface area (Å²) in [6.45, 7) is 14.8. The normalized spacial score (nSPS) is 20.8. The second-order valence-corrected chi connectivity index (χ2v) is 14.1. The molecule has 1 fully saturated rings. The van der Waals surface area contributed by atoms with E-state index in [9.17, 15) is 0 Å². The summed E-state index contributed by atoms with van der Waals surface area (Å²) in [4.78, 5) is 0. The average Bonchev–Trinajstić information content (AvgIpc) is 3.44. The van der Waals surface area contributed by atoms with Gasteiger partial charge in [-0.2, -0.15) is 0 Å². The lowest BCUT2D eigenvalue weighted by molar-refractivity contribution is 0.00823. The van der Waals surface area contributed by atoms with Gasteiger partial charge in [-0.3, -0.25) is 0 Å². The highest BCUT2D eigenvalue weighted by molar-refractivity contribution is 5.47. The molecule has 5 rings (SSSR count). The molecule has 0 spiro atoms. The van der Waals surface area contributed by atoms with Crippen molar-refractivity contribution in [3.8, 4) is 34.5 Å². The van der Waals surface area contributed by atoms with E-state index >= 15 is 0 Å². The molecule has 8 atom stereocenters. The second kappa shape index (κ2) is 17.0.